The minimum atomic E-state index is 0.654. The van der Waals surface area contributed by atoms with Gasteiger partial charge >= 0.3 is 0 Å². The fourth-order valence-electron chi connectivity index (χ4n) is 1.37. The largest absolute Gasteiger partial charge is 0.322 e. The van der Waals surface area contributed by atoms with Crippen LogP contribution in [0.4, 0.5) is 0 Å². The lowest BCUT2D eigenvalue weighted by molar-refractivity contribution is 0.645. The van der Waals surface area contributed by atoms with E-state index in [1.165, 1.54) is 17.3 Å². The predicted molar refractivity (Wildman–Crippen MR) is 67.0 cm³/mol. The minimum absolute atomic E-state index is 0.654. The number of aromatic nitrogens is 1. The van der Waals surface area contributed by atoms with Crippen LogP contribution in [0.15, 0.2) is 23.4 Å². The van der Waals surface area contributed by atoms with Gasteiger partial charge in [-0.3, -0.25) is 4.98 Å². The van der Waals surface area contributed by atoms with Crippen LogP contribution in [0.25, 0.3) is 0 Å². The Kier molecular flexibility index (Phi) is 4.62. The van der Waals surface area contributed by atoms with E-state index in [1.807, 2.05) is 18.5 Å². The van der Waals surface area contributed by atoms with Crippen LogP contribution in [0.5, 0.6) is 0 Å². The maximum Gasteiger partial charge on any atom is 0.141 e. The molecule has 0 atom stereocenters. The highest BCUT2D eigenvalue weighted by Gasteiger charge is 2.04. The van der Waals surface area contributed by atoms with Gasteiger partial charge in [-0.25, -0.2) is 0 Å². The standard InChI is InChI=1S/C11H17N3S/c1-8(2)6-9-4-5-10(13-7-9)11(14-12)15-3/h4-5,7-8H,6,12H2,1-3H3/b14-11-. The molecule has 0 saturated heterocycles. The molecule has 0 aliphatic rings. The van der Waals surface area contributed by atoms with Crippen LogP contribution in [0, 0.1) is 5.92 Å². The van der Waals surface area contributed by atoms with Gasteiger partial charge in [-0.2, -0.15) is 5.10 Å². The Morgan fingerprint density at radius 3 is 2.67 bits per heavy atom. The van der Waals surface area contributed by atoms with E-state index in [9.17, 15) is 0 Å². The van der Waals surface area contributed by atoms with E-state index in [2.05, 4.69) is 30.0 Å². The average molecular weight is 223 g/mol. The molecule has 4 heteroatoms. The fraction of sp³-hybridized carbons (Fsp3) is 0.455. The van der Waals surface area contributed by atoms with Gasteiger partial charge in [0.05, 0.1) is 5.69 Å². The first-order valence-corrected chi connectivity index (χ1v) is 6.17. The lowest BCUT2D eigenvalue weighted by atomic mass is 10.0. The summed E-state index contributed by atoms with van der Waals surface area (Å²) in [6, 6.07) is 4.06. The highest BCUT2D eigenvalue weighted by molar-refractivity contribution is 8.13. The number of rotatable bonds is 3. The number of thioether (sulfide) groups is 1. The van der Waals surface area contributed by atoms with E-state index in [1.54, 1.807) is 0 Å². The quantitative estimate of drug-likeness (QED) is 0.370. The van der Waals surface area contributed by atoms with Gasteiger partial charge in [-0.15, -0.1) is 11.8 Å². The molecule has 0 spiro atoms. The summed E-state index contributed by atoms with van der Waals surface area (Å²) in [5, 5.41) is 4.45. The number of nitrogens with zero attached hydrogens (tertiary/aromatic N) is 2. The van der Waals surface area contributed by atoms with Gasteiger partial charge in [-0.1, -0.05) is 19.9 Å². The molecule has 82 valence electrons. The van der Waals surface area contributed by atoms with Crippen molar-refractivity contribution >= 4 is 16.8 Å². The molecule has 3 nitrogen and oxygen atoms in total. The second-order valence-corrected chi connectivity index (χ2v) is 4.58. The van der Waals surface area contributed by atoms with E-state index in [-0.39, 0.29) is 0 Å². The van der Waals surface area contributed by atoms with Gasteiger partial charge in [0.25, 0.3) is 0 Å². The molecule has 1 heterocycles. The summed E-state index contributed by atoms with van der Waals surface area (Å²) in [7, 11) is 0. The number of nitrogens with two attached hydrogens (primary N) is 1. The van der Waals surface area contributed by atoms with Gasteiger partial charge in [0, 0.05) is 6.20 Å². The lowest BCUT2D eigenvalue weighted by Crippen LogP contribution is -2.03. The van der Waals surface area contributed by atoms with Crippen LogP contribution >= 0.6 is 11.8 Å². The van der Waals surface area contributed by atoms with Crippen molar-refractivity contribution in [3.63, 3.8) is 0 Å². The molecule has 1 aromatic rings. The monoisotopic (exact) mass is 223 g/mol. The van der Waals surface area contributed by atoms with Gasteiger partial charge < -0.3 is 5.84 Å². The molecule has 0 aromatic carbocycles. The molecule has 0 aliphatic carbocycles. The summed E-state index contributed by atoms with van der Waals surface area (Å²) in [6.45, 7) is 4.39. The zero-order chi connectivity index (χ0) is 11.3. The van der Waals surface area contributed by atoms with Crippen molar-refractivity contribution in [1.29, 1.82) is 0 Å². The second kappa shape index (κ2) is 5.75. The summed E-state index contributed by atoms with van der Waals surface area (Å²) >= 11 is 1.51. The van der Waals surface area contributed by atoms with Crippen molar-refractivity contribution in [2.75, 3.05) is 6.26 Å². The molecule has 0 unspecified atom stereocenters. The van der Waals surface area contributed by atoms with E-state index in [0.29, 0.717) is 5.92 Å². The van der Waals surface area contributed by atoms with E-state index in [0.717, 1.165) is 17.2 Å². The third-order valence-corrected chi connectivity index (χ3v) is 2.70. The highest BCUT2D eigenvalue weighted by Crippen LogP contribution is 2.11. The maximum atomic E-state index is 5.26. The summed E-state index contributed by atoms with van der Waals surface area (Å²) in [4.78, 5) is 4.34. The first-order valence-electron chi connectivity index (χ1n) is 4.94. The van der Waals surface area contributed by atoms with Crippen LogP contribution in [0.1, 0.15) is 25.1 Å². The van der Waals surface area contributed by atoms with Crippen molar-refractivity contribution in [2.24, 2.45) is 16.9 Å². The van der Waals surface area contributed by atoms with E-state index >= 15 is 0 Å². The van der Waals surface area contributed by atoms with Gasteiger partial charge in [0.15, 0.2) is 0 Å². The average Bonchev–Trinajstić information content (AvgIpc) is 2.21. The number of hydrogen-bond donors (Lipinski definition) is 1. The van der Waals surface area contributed by atoms with Crippen molar-refractivity contribution < 1.29 is 0 Å². The van der Waals surface area contributed by atoms with Crippen LogP contribution in [-0.2, 0) is 6.42 Å². The third-order valence-electron chi connectivity index (χ3n) is 2.00. The van der Waals surface area contributed by atoms with Gasteiger partial charge in [-0.05, 0) is 30.2 Å². The highest BCUT2D eigenvalue weighted by atomic mass is 32.2. The lowest BCUT2D eigenvalue weighted by Gasteiger charge is -2.05. The Hall–Kier alpha value is -1.03. The molecule has 15 heavy (non-hydrogen) atoms. The van der Waals surface area contributed by atoms with E-state index < -0.39 is 0 Å². The molecule has 0 amide bonds. The van der Waals surface area contributed by atoms with Crippen LogP contribution in [0.2, 0.25) is 0 Å². The molecule has 0 radical (unpaired) electrons. The normalized spacial score (nSPS) is 12.1. The number of hydrazone groups is 1. The Balaban J connectivity index is 2.80. The molecule has 1 aromatic heterocycles. The molecule has 1 rings (SSSR count). The first-order chi connectivity index (χ1) is 7.17. The van der Waals surface area contributed by atoms with Crippen LogP contribution in [0.3, 0.4) is 0 Å². The Bertz CT molecular complexity index is 330. The molecule has 0 saturated carbocycles. The molecular formula is C11H17N3S. The van der Waals surface area contributed by atoms with Crippen molar-refractivity contribution in [1.82, 2.24) is 4.98 Å². The van der Waals surface area contributed by atoms with Crippen molar-refractivity contribution in [3.8, 4) is 0 Å². The minimum Gasteiger partial charge on any atom is -0.322 e. The summed E-state index contributed by atoms with van der Waals surface area (Å²) in [6.07, 6.45) is 4.90. The Morgan fingerprint density at radius 1 is 1.53 bits per heavy atom. The predicted octanol–water partition coefficient (Wildman–Crippen LogP) is 2.26. The Labute approximate surface area is 95.2 Å². The van der Waals surface area contributed by atoms with Crippen molar-refractivity contribution in [2.45, 2.75) is 20.3 Å². The maximum absolute atomic E-state index is 5.26. The topological polar surface area (TPSA) is 51.3 Å². The van der Waals surface area contributed by atoms with Gasteiger partial charge in [0.1, 0.15) is 5.04 Å². The zero-order valence-electron chi connectivity index (χ0n) is 9.40. The molecule has 2 N–H and O–H groups in total. The molecule has 0 aliphatic heterocycles. The number of hydrogen-bond acceptors (Lipinski definition) is 4. The SMILES string of the molecule is CS/C(=N\N)c1ccc(CC(C)C)cn1. The number of pyridine rings is 1. The molecule has 0 bridgehead atoms. The summed E-state index contributed by atoms with van der Waals surface area (Å²) in [5.41, 5.74) is 2.10. The molecule has 0 fully saturated rings. The zero-order valence-corrected chi connectivity index (χ0v) is 10.2. The summed E-state index contributed by atoms with van der Waals surface area (Å²) < 4.78 is 0. The first kappa shape index (κ1) is 12.0. The smallest absolute Gasteiger partial charge is 0.141 e. The fourth-order valence-corrected chi connectivity index (χ4v) is 1.80. The van der Waals surface area contributed by atoms with Crippen LogP contribution in [-0.4, -0.2) is 16.3 Å². The summed E-state index contributed by atoms with van der Waals surface area (Å²) in [5.74, 6) is 5.91. The third kappa shape index (κ3) is 3.55. The van der Waals surface area contributed by atoms with Gasteiger partial charge in [0.2, 0.25) is 0 Å². The second-order valence-electron chi connectivity index (χ2n) is 3.79. The van der Waals surface area contributed by atoms with E-state index in [4.69, 9.17) is 5.84 Å². The van der Waals surface area contributed by atoms with Crippen molar-refractivity contribution in [3.05, 3.63) is 29.6 Å². The Morgan fingerprint density at radius 2 is 2.27 bits per heavy atom. The van der Waals surface area contributed by atoms with Crippen LogP contribution < -0.4 is 5.84 Å². The molecular weight excluding hydrogens is 206 g/mol.